The van der Waals surface area contributed by atoms with Crippen LogP contribution in [0.2, 0.25) is 39.0 Å². The van der Waals surface area contributed by atoms with Crippen molar-refractivity contribution in [3.05, 3.63) is 12.2 Å². The predicted octanol–water partition coefficient (Wildman–Crippen LogP) is 10.0. The maximum atomic E-state index is 7.05. The van der Waals surface area contributed by atoms with Crippen LogP contribution in [0.5, 0.6) is 0 Å². The molecule has 184 valence electrons. The molecule has 1 atom stereocenters. The fraction of sp³-hybridized carbons (Fsp3) is 0.929. The summed E-state index contributed by atoms with van der Waals surface area (Å²) in [6, 6.07) is 1.32. The van der Waals surface area contributed by atoms with Crippen molar-refractivity contribution in [2.75, 3.05) is 6.61 Å². The van der Waals surface area contributed by atoms with Crippen molar-refractivity contribution in [1.29, 1.82) is 0 Å². The summed E-state index contributed by atoms with van der Waals surface area (Å²) in [5.41, 5.74) is 0. The summed E-state index contributed by atoms with van der Waals surface area (Å²) in [5, 5.41) is 0. The standard InChI is InChI=1S/C16H31OSi.3C4H9.Sn/c1-18(2,3)14-10-5-4-9-13-17-15-16-11-7-6-8-12-16;3*1-3-4-2;/h5,10,15-16H,4,6-9,11-14H2,1-3H3;3*1,3-4H2,2H3;/b10-5-;;;;. The first kappa shape index (κ1) is 29.7. The van der Waals surface area contributed by atoms with Crippen LogP contribution < -0.4 is 0 Å². The molecule has 0 bridgehead atoms. The van der Waals surface area contributed by atoms with E-state index in [-0.39, 0.29) is 0 Å². The molecule has 1 aliphatic carbocycles. The van der Waals surface area contributed by atoms with Gasteiger partial charge in [-0.25, -0.2) is 0 Å². The Balaban J connectivity index is 2.86. The van der Waals surface area contributed by atoms with Crippen LogP contribution in [0.25, 0.3) is 0 Å². The maximum absolute atomic E-state index is 7.05. The molecule has 1 aliphatic rings. The van der Waals surface area contributed by atoms with Gasteiger partial charge in [0.05, 0.1) is 0 Å². The number of unbranched alkanes of at least 4 members (excludes halogenated alkanes) is 4. The molecule has 0 spiro atoms. The molecule has 0 aliphatic heterocycles. The van der Waals surface area contributed by atoms with Gasteiger partial charge in [-0.1, -0.05) is 0 Å². The van der Waals surface area contributed by atoms with E-state index < -0.39 is 26.5 Å². The topological polar surface area (TPSA) is 9.23 Å². The van der Waals surface area contributed by atoms with Gasteiger partial charge in [0.2, 0.25) is 0 Å². The molecule has 1 nitrogen and oxygen atoms in total. The minimum atomic E-state index is -2.35. The average Bonchev–Trinajstić information content (AvgIpc) is 2.75. The second-order valence-electron chi connectivity index (χ2n) is 11.7. The number of hydrogen-bond acceptors (Lipinski definition) is 1. The summed E-state index contributed by atoms with van der Waals surface area (Å²) in [7, 11) is -0.939. The second-order valence-corrected chi connectivity index (χ2v) is 31.0. The van der Waals surface area contributed by atoms with Gasteiger partial charge in [0.1, 0.15) is 0 Å². The van der Waals surface area contributed by atoms with Crippen LogP contribution in [0, 0.1) is 5.92 Å². The van der Waals surface area contributed by atoms with Gasteiger partial charge in [0.15, 0.2) is 0 Å². The monoisotopic (exact) mass is 558 g/mol. The van der Waals surface area contributed by atoms with Gasteiger partial charge in [-0.2, -0.15) is 0 Å². The normalized spacial score (nSPS) is 17.5. The molecule has 1 rings (SSSR count). The van der Waals surface area contributed by atoms with E-state index >= 15 is 0 Å². The number of hydrogen-bond donors (Lipinski definition) is 0. The summed E-state index contributed by atoms with van der Waals surface area (Å²) >= 11 is -2.35. The molecule has 0 heterocycles. The second kappa shape index (κ2) is 17.2. The summed E-state index contributed by atoms with van der Waals surface area (Å²) < 4.78 is 12.6. The molecular formula is C28H58OSiSn. The van der Waals surface area contributed by atoms with E-state index in [2.05, 4.69) is 52.6 Å². The molecule has 0 radical (unpaired) electrons. The zero-order valence-electron chi connectivity index (χ0n) is 22.4. The Bertz CT molecular complexity index is 429. The van der Waals surface area contributed by atoms with Gasteiger partial charge in [-0.15, -0.1) is 0 Å². The van der Waals surface area contributed by atoms with Crippen molar-refractivity contribution in [3.8, 4) is 0 Å². The first-order valence-corrected chi connectivity index (χ1v) is 25.6. The average molecular weight is 558 g/mol. The molecule has 3 heteroatoms. The summed E-state index contributed by atoms with van der Waals surface area (Å²) in [5.74, 6) is 0.901. The van der Waals surface area contributed by atoms with Gasteiger partial charge >= 0.3 is 203 Å². The van der Waals surface area contributed by atoms with Crippen LogP contribution >= 0.6 is 0 Å². The van der Waals surface area contributed by atoms with Gasteiger partial charge in [0.25, 0.3) is 0 Å². The van der Waals surface area contributed by atoms with E-state index in [1.54, 1.807) is 13.3 Å². The zero-order valence-corrected chi connectivity index (χ0v) is 26.3. The van der Waals surface area contributed by atoms with Crippen LogP contribution in [0.1, 0.15) is 104 Å². The van der Waals surface area contributed by atoms with Crippen LogP contribution in [-0.4, -0.2) is 37.2 Å². The Morgan fingerprint density at radius 3 is 1.84 bits per heavy atom. The van der Waals surface area contributed by atoms with E-state index in [1.165, 1.54) is 89.5 Å². The van der Waals surface area contributed by atoms with Crippen molar-refractivity contribution in [2.24, 2.45) is 5.92 Å². The van der Waals surface area contributed by atoms with Gasteiger partial charge < -0.3 is 0 Å². The van der Waals surface area contributed by atoms with Crippen LogP contribution in [0.3, 0.4) is 0 Å². The van der Waals surface area contributed by atoms with Gasteiger partial charge in [0, 0.05) is 0 Å². The van der Waals surface area contributed by atoms with Crippen molar-refractivity contribution in [1.82, 2.24) is 0 Å². The van der Waals surface area contributed by atoms with E-state index in [4.69, 9.17) is 4.74 Å². The zero-order chi connectivity index (χ0) is 23.0. The molecule has 0 aromatic rings. The Kier molecular flexibility index (Phi) is 16.5. The molecule has 1 saturated carbocycles. The van der Waals surface area contributed by atoms with E-state index in [1.807, 2.05) is 0 Å². The summed E-state index contributed by atoms with van der Waals surface area (Å²) in [6.07, 6.45) is 23.2. The van der Waals surface area contributed by atoms with E-state index in [0.29, 0.717) is 4.12 Å². The number of allylic oxidation sites excluding steroid dienone is 2. The third-order valence-corrected chi connectivity index (χ3v) is 25.8. The first-order valence-electron chi connectivity index (χ1n) is 14.1. The Morgan fingerprint density at radius 2 is 1.35 bits per heavy atom. The Hall–Kier alpha value is 0.716. The third kappa shape index (κ3) is 12.7. The van der Waals surface area contributed by atoms with Crippen molar-refractivity contribution < 1.29 is 4.74 Å². The summed E-state index contributed by atoms with van der Waals surface area (Å²) in [4.78, 5) is 0. The fourth-order valence-corrected chi connectivity index (χ4v) is 25.3. The molecular weight excluding hydrogens is 499 g/mol. The molecule has 0 amide bonds. The predicted molar refractivity (Wildman–Crippen MR) is 148 cm³/mol. The number of ether oxygens (including phenoxy) is 1. The van der Waals surface area contributed by atoms with Crippen molar-refractivity contribution in [3.63, 3.8) is 0 Å². The van der Waals surface area contributed by atoms with E-state index in [0.717, 1.165) is 12.5 Å². The van der Waals surface area contributed by atoms with Gasteiger partial charge in [-0.3, -0.25) is 0 Å². The number of rotatable bonds is 18. The van der Waals surface area contributed by atoms with Crippen LogP contribution in [0.4, 0.5) is 0 Å². The third-order valence-electron chi connectivity index (χ3n) is 7.48. The molecule has 0 aromatic carbocycles. The Morgan fingerprint density at radius 1 is 0.806 bits per heavy atom. The fourth-order valence-electron chi connectivity index (χ4n) is 5.60. The first-order chi connectivity index (χ1) is 14.9. The van der Waals surface area contributed by atoms with Crippen LogP contribution in [-0.2, 0) is 4.74 Å². The van der Waals surface area contributed by atoms with Crippen LogP contribution in [0.15, 0.2) is 12.2 Å². The Labute approximate surface area is 202 Å². The van der Waals surface area contributed by atoms with Gasteiger partial charge in [-0.05, 0) is 0 Å². The van der Waals surface area contributed by atoms with E-state index in [9.17, 15) is 0 Å². The molecule has 0 N–H and O–H groups in total. The SMILES string of the molecule is CCC[CH2][Sn]([CH2]CCC)([CH2]CCC)[CH](OCCC/C=C\C[Si](C)(C)C)C1CCCCC1. The molecule has 0 aromatic heterocycles. The van der Waals surface area contributed by atoms with Crippen molar-refractivity contribution >= 4 is 26.5 Å². The quantitative estimate of drug-likeness (QED) is 0.0926. The van der Waals surface area contributed by atoms with Crippen molar-refractivity contribution in [2.45, 2.75) is 147 Å². The molecule has 1 fully saturated rings. The molecule has 0 saturated heterocycles. The molecule has 31 heavy (non-hydrogen) atoms. The summed E-state index contributed by atoms with van der Waals surface area (Å²) in [6.45, 7) is 15.6. The minimum absolute atomic E-state index is 0.713. The molecule has 1 unspecified atom stereocenters.